The van der Waals surface area contributed by atoms with Crippen LogP contribution in [0.2, 0.25) is 0 Å². The molecule has 0 aliphatic carbocycles. The first kappa shape index (κ1) is 12.1. The van der Waals surface area contributed by atoms with E-state index in [1.165, 1.54) is 25.7 Å². The third-order valence-electron chi connectivity index (χ3n) is 2.63. The summed E-state index contributed by atoms with van der Waals surface area (Å²) >= 11 is 0. The van der Waals surface area contributed by atoms with Crippen molar-refractivity contribution in [3.63, 3.8) is 0 Å². The number of allylic oxidation sites excluding steroid dienone is 1. The van der Waals surface area contributed by atoms with E-state index in [4.69, 9.17) is 5.26 Å². The van der Waals surface area contributed by atoms with E-state index in [1.54, 1.807) is 0 Å². The van der Waals surface area contributed by atoms with Gasteiger partial charge in [-0.15, -0.1) is 0 Å². The fourth-order valence-electron chi connectivity index (χ4n) is 1.73. The van der Waals surface area contributed by atoms with Crippen LogP contribution in [0.4, 0.5) is 0 Å². The maximum absolute atomic E-state index is 8.37. The zero-order valence-electron chi connectivity index (χ0n) is 9.34. The van der Waals surface area contributed by atoms with Gasteiger partial charge in [0, 0.05) is 6.42 Å². The molecule has 0 fully saturated rings. The first-order valence-corrected chi connectivity index (χ1v) is 5.95. The summed E-state index contributed by atoms with van der Waals surface area (Å²) < 4.78 is 0. The van der Waals surface area contributed by atoms with E-state index < -0.39 is 0 Å². The second-order valence-corrected chi connectivity index (χ2v) is 3.98. The van der Waals surface area contributed by atoms with Crippen molar-refractivity contribution < 1.29 is 0 Å². The number of rotatable bonds is 6. The molecule has 3 nitrogen and oxygen atoms in total. The van der Waals surface area contributed by atoms with Crippen molar-refractivity contribution in [2.75, 3.05) is 6.54 Å². The van der Waals surface area contributed by atoms with E-state index in [0.29, 0.717) is 12.6 Å². The van der Waals surface area contributed by atoms with Gasteiger partial charge in [0.05, 0.1) is 12.2 Å². The molecule has 2 N–H and O–H groups in total. The summed E-state index contributed by atoms with van der Waals surface area (Å²) in [6, 6.07) is 2.17. The van der Waals surface area contributed by atoms with Gasteiger partial charge in [0.1, 0.15) is 0 Å². The molecule has 0 saturated heterocycles. The Morgan fingerprint density at radius 2 is 2.33 bits per heavy atom. The Balaban J connectivity index is 1.95. The minimum Gasteiger partial charge on any atom is -0.376 e. The molecule has 84 valence electrons. The molecular formula is C12H21N3. The minimum atomic E-state index is 0.444. The Labute approximate surface area is 92.6 Å². The van der Waals surface area contributed by atoms with Crippen molar-refractivity contribution in [2.45, 2.75) is 51.1 Å². The van der Waals surface area contributed by atoms with Crippen LogP contribution in [0, 0.1) is 11.3 Å². The Kier molecular flexibility index (Phi) is 6.68. The first-order valence-electron chi connectivity index (χ1n) is 5.95. The van der Waals surface area contributed by atoms with Gasteiger partial charge in [-0.3, -0.25) is 5.32 Å². The lowest BCUT2D eigenvalue weighted by Gasteiger charge is -2.17. The van der Waals surface area contributed by atoms with Crippen LogP contribution in [-0.4, -0.2) is 12.7 Å². The third-order valence-corrected chi connectivity index (χ3v) is 2.63. The second-order valence-electron chi connectivity index (χ2n) is 3.98. The second kappa shape index (κ2) is 8.31. The van der Waals surface area contributed by atoms with Gasteiger partial charge in [-0.25, -0.2) is 0 Å². The standard InChI is InChI=1S/C12H21N3/c13-9-5-1-2-6-10-14-12-8-4-3-7-11-15-12/h7,11-12,14-15H,1-6,8,10H2. The van der Waals surface area contributed by atoms with Gasteiger partial charge in [0.2, 0.25) is 0 Å². The van der Waals surface area contributed by atoms with E-state index in [-0.39, 0.29) is 0 Å². The van der Waals surface area contributed by atoms with Crippen LogP contribution in [0.25, 0.3) is 0 Å². The summed E-state index contributed by atoms with van der Waals surface area (Å²) in [5.74, 6) is 0. The Hall–Kier alpha value is -1.01. The molecule has 0 radical (unpaired) electrons. The zero-order chi connectivity index (χ0) is 10.8. The highest BCUT2D eigenvalue weighted by molar-refractivity contribution is 4.86. The average molecular weight is 207 g/mol. The van der Waals surface area contributed by atoms with Gasteiger partial charge < -0.3 is 5.32 Å². The third kappa shape index (κ3) is 6.14. The Morgan fingerprint density at radius 1 is 1.40 bits per heavy atom. The van der Waals surface area contributed by atoms with Crippen LogP contribution in [-0.2, 0) is 0 Å². The molecule has 0 aromatic heterocycles. The number of hydrogen-bond donors (Lipinski definition) is 2. The fourth-order valence-corrected chi connectivity index (χ4v) is 1.73. The van der Waals surface area contributed by atoms with Gasteiger partial charge in [0.15, 0.2) is 0 Å². The highest BCUT2D eigenvalue weighted by Crippen LogP contribution is 2.04. The molecule has 0 saturated carbocycles. The minimum absolute atomic E-state index is 0.444. The van der Waals surface area contributed by atoms with Gasteiger partial charge in [-0.2, -0.15) is 5.26 Å². The van der Waals surface area contributed by atoms with Crippen molar-refractivity contribution in [1.29, 1.82) is 5.26 Å². The van der Waals surface area contributed by atoms with Crippen LogP contribution in [0.3, 0.4) is 0 Å². The topological polar surface area (TPSA) is 47.9 Å². The van der Waals surface area contributed by atoms with Crippen molar-refractivity contribution >= 4 is 0 Å². The van der Waals surface area contributed by atoms with E-state index in [2.05, 4.69) is 29.0 Å². The smallest absolute Gasteiger partial charge is 0.0763 e. The number of unbranched alkanes of at least 4 members (excludes halogenated alkanes) is 3. The molecule has 0 aromatic carbocycles. The van der Waals surface area contributed by atoms with E-state index >= 15 is 0 Å². The molecule has 0 bridgehead atoms. The number of nitrogens with one attached hydrogen (secondary N) is 2. The summed E-state index contributed by atoms with van der Waals surface area (Å²) in [7, 11) is 0. The summed E-state index contributed by atoms with van der Waals surface area (Å²) in [5.41, 5.74) is 0. The average Bonchev–Trinajstić information content (AvgIpc) is 2.52. The Morgan fingerprint density at radius 3 is 3.20 bits per heavy atom. The quantitative estimate of drug-likeness (QED) is 0.657. The SMILES string of the molecule is N#CCCCCCNC1CCCC=CN1. The van der Waals surface area contributed by atoms with Crippen LogP contribution >= 0.6 is 0 Å². The van der Waals surface area contributed by atoms with Crippen LogP contribution in [0.1, 0.15) is 44.9 Å². The maximum Gasteiger partial charge on any atom is 0.0763 e. The molecule has 1 unspecified atom stereocenters. The van der Waals surface area contributed by atoms with Crippen molar-refractivity contribution in [3.05, 3.63) is 12.3 Å². The maximum atomic E-state index is 8.37. The lowest BCUT2D eigenvalue weighted by molar-refractivity contribution is 0.432. The van der Waals surface area contributed by atoms with Crippen LogP contribution in [0.5, 0.6) is 0 Å². The van der Waals surface area contributed by atoms with Crippen LogP contribution < -0.4 is 10.6 Å². The first-order chi connectivity index (χ1) is 7.43. The molecule has 0 aromatic rings. The summed E-state index contributed by atoms with van der Waals surface area (Å²) in [6.07, 6.45) is 12.4. The van der Waals surface area contributed by atoms with E-state index in [9.17, 15) is 0 Å². The molecule has 1 aliphatic rings. The molecule has 3 heteroatoms. The van der Waals surface area contributed by atoms with Gasteiger partial charge in [-0.1, -0.05) is 12.5 Å². The predicted molar refractivity (Wildman–Crippen MR) is 62.0 cm³/mol. The van der Waals surface area contributed by atoms with E-state index in [0.717, 1.165) is 19.4 Å². The van der Waals surface area contributed by atoms with Crippen molar-refractivity contribution in [3.8, 4) is 6.07 Å². The van der Waals surface area contributed by atoms with Gasteiger partial charge in [-0.05, 0) is 44.8 Å². The molecule has 1 heterocycles. The molecule has 0 amide bonds. The molecule has 1 rings (SSSR count). The number of nitriles is 1. The fraction of sp³-hybridized carbons (Fsp3) is 0.750. The molecule has 1 aliphatic heterocycles. The van der Waals surface area contributed by atoms with Gasteiger partial charge in [0.25, 0.3) is 0 Å². The lowest BCUT2D eigenvalue weighted by atomic mass is 10.2. The Bertz CT molecular complexity index is 217. The normalized spacial score (nSPS) is 20.3. The largest absolute Gasteiger partial charge is 0.376 e. The molecular weight excluding hydrogens is 186 g/mol. The molecule has 0 spiro atoms. The highest BCUT2D eigenvalue weighted by atomic mass is 15.1. The predicted octanol–water partition coefficient (Wildman–Crippen LogP) is 2.27. The van der Waals surface area contributed by atoms with Gasteiger partial charge >= 0.3 is 0 Å². The zero-order valence-corrected chi connectivity index (χ0v) is 9.34. The number of nitrogens with zero attached hydrogens (tertiary/aromatic N) is 1. The number of hydrogen-bond acceptors (Lipinski definition) is 3. The molecule has 15 heavy (non-hydrogen) atoms. The summed E-state index contributed by atoms with van der Waals surface area (Å²) in [6.45, 7) is 1.05. The van der Waals surface area contributed by atoms with E-state index in [1.807, 2.05) is 0 Å². The summed E-state index contributed by atoms with van der Waals surface area (Å²) in [5, 5.41) is 15.2. The van der Waals surface area contributed by atoms with Crippen molar-refractivity contribution in [2.24, 2.45) is 0 Å². The van der Waals surface area contributed by atoms with Crippen LogP contribution in [0.15, 0.2) is 12.3 Å². The molecule has 1 atom stereocenters. The summed E-state index contributed by atoms with van der Waals surface area (Å²) in [4.78, 5) is 0. The lowest BCUT2D eigenvalue weighted by Crippen LogP contribution is -2.39. The highest BCUT2D eigenvalue weighted by Gasteiger charge is 2.05. The van der Waals surface area contributed by atoms with Crippen molar-refractivity contribution in [1.82, 2.24) is 10.6 Å². The monoisotopic (exact) mass is 207 g/mol.